The minimum atomic E-state index is -0.281. The molecule has 0 saturated carbocycles. The molecule has 6 heteroatoms. The SMILES string of the molecule is CCOC(=O)CCc1c(N)ncnc1Cl. The number of ether oxygens (including phenoxy) is 1. The molecule has 0 aliphatic rings. The Bertz CT molecular complexity index is 337. The van der Waals surface area contributed by atoms with Gasteiger partial charge >= 0.3 is 5.97 Å². The lowest BCUT2D eigenvalue weighted by atomic mass is 10.2. The molecule has 0 aliphatic carbocycles. The molecule has 0 amide bonds. The summed E-state index contributed by atoms with van der Waals surface area (Å²) in [4.78, 5) is 18.7. The van der Waals surface area contributed by atoms with Gasteiger partial charge in [-0.15, -0.1) is 0 Å². The van der Waals surface area contributed by atoms with E-state index < -0.39 is 0 Å². The second kappa shape index (κ2) is 5.50. The molecule has 0 saturated heterocycles. The van der Waals surface area contributed by atoms with E-state index in [4.69, 9.17) is 22.1 Å². The summed E-state index contributed by atoms with van der Waals surface area (Å²) in [7, 11) is 0. The van der Waals surface area contributed by atoms with Crippen LogP contribution in [0.5, 0.6) is 0 Å². The third-order valence-corrected chi connectivity index (χ3v) is 2.14. The zero-order valence-electron chi connectivity index (χ0n) is 8.36. The molecule has 0 fully saturated rings. The number of carbonyl (C=O) groups excluding carboxylic acids is 1. The molecule has 0 radical (unpaired) electrons. The van der Waals surface area contributed by atoms with E-state index in [0.717, 1.165) is 0 Å². The van der Waals surface area contributed by atoms with Crippen molar-refractivity contribution in [2.45, 2.75) is 19.8 Å². The quantitative estimate of drug-likeness (QED) is 0.620. The van der Waals surface area contributed by atoms with Crippen LogP contribution in [0.1, 0.15) is 18.9 Å². The van der Waals surface area contributed by atoms with Crippen LogP contribution in [0.2, 0.25) is 5.15 Å². The highest BCUT2D eigenvalue weighted by Gasteiger charge is 2.10. The van der Waals surface area contributed by atoms with Crippen LogP contribution in [0.15, 0.2) is 6.33 Å². The molecule has 1 rings (SSSR count). The molecule has 1 aromatic heterocycles. The first-order valence-electron chi connectivity index (χ1n) is 4.55. The molecule has 0 aromatic carbocycles. The fourth-order valence-electron chi connectivity index (χ4n) is 1.09. The Hall–Kier alpha value is -1.36. The maximum atomic E-state index is 11.1. The summed E-state index contributed by atoms with van der Waals surface area (Å²) in [6.45, 7) is 2.12. The Balaban J connectivity index is 2.61. The maximum Gasteiger partial charge on any atom is 0.306 e. The molecule has 0 aliphatic heterocycles. The number of esters is 1. The van der Waals surface area contributed by atoms with Crippen LogP contribution < -0.4 is 5.73 Å². The first kappa shape index (κ1) is 11.7. The second-order valence-electron chi connectivity index (χ2n) is 2.83. The number of hydrogen-bond acceptors (Lipinski definition) is 5. The van der Waals surface area contributed by atoms with Crippen LogP contribution in [0.25, 0.3) is 0 Å². The highest BCUT2D eigenvalue weighted by Crippen LogP contribution is 2.18. The van der Waals surface area contributed by atoms with Gasteiger partial charge in [0.25, 0.3) is 0 Å². The normalized spacial score (nSPS) is 10.0. The molecule has 0 spiro atoms. The van der Waals surface area contributed by atoms with Gasteiger partial charge in [-0.2, -0.15) is 0 Å². The largest absolute Gasteiger partial charge is 0.466 e. The van der Waals surface area contributed by atoms with Crippen molar-refractivity contribution in [3.63, 3.8) is 0 Å². The van der Waals surface area contributed by atoms with E-state index in [1.54, 1.807) is 6.92 Å². The fourth-order valence-corrected chi connectivity index (χ4v) is 1.33. The number of nitrogens with two attached hydrogens (primary N) is 1. The highest BCUT2D eigenvalue weighted by atomic mass is 35.5. The third-order valence-electron chi connectivity index (χ3n) is 1.81. The Morgan fingerprint density at radius 2 is 2.33 bits per heavy atom. The van der Waals surface area contributed by atoms with Crippen LogP contribution >= 0.6 is 11.6 Å². The van der Waals surface area contributed by atoms with Crippen LogP contribution in [-0.2, 0) is 16.0 Å². The fraction of sp³-hybridized carbons (Fsp3) is 0.444. The summed E-state index contributed by atoms with van der Waals surface area (Å²) < 4.78 is 4.78. The number of nitrogen functional groups attached to an aromatic ring is 1. The van der Waals surface area contributed by atoms with Gasteiger partial charge in [0.05, 0.1) is 6.61 Å². The van der Waals surface area contributed by atoms with E-state index in [-0.39, 0.29) is 17.5 Å². The first-order valence-corrected chi connectivity index (χ1v) is 4.93. The molecule has 0 bridgehead atoms. The van der Waals surface area contributed by atoms with E-state index in [1.165, 1.54) is 6.33 Å². The highest BCUT2D eigenvalue weighted by molar-refractivity contribution is 6.30. The average molecular weight is 230 g/mol. The number of hydrogen-bond donors (Lipinski definition) is 1. The van der Waals surface area contributed by atoms with E-state index in [9.17, 15) is 4.79 Å². The predicted molar refractivity (Wildman–Crippen MR) is 56.4 cm³/mol. The number of aromatic nitrogens is 2. The molecular formula is C9H12ClN3O2. The lowest BCUT2D eigenvalue weighted by Gasteiger charge is -2.05. The summed E-state index contributed by atoms with van der Waals surface area (Å²) in [6, 6.07) is 0. The summed E-state index contributed by atoms with van der Waals surface area (Å²) in [6.07, 6.45) is 1.90. The van der Waals surface area contributed by atoms with Gasteiger partial charge in [-0.1, -0.05) is 11.6 Å². The predicted octanol–water partition coefficient (Wildman–Crippen LogP) is 1.21. The Kier molecular flexibility index (Phi) is 4.30. The average Bonchev–Trinajstić information content (AvgIpc) is 2.17. The van der Waals surface area contributed by atoms with Crippen LogP contribution in [0, 0.1) is 0 Å². The van der Waals surface area contributed by atoms with Gasteiger partial charge in [0.15, 0.2) is 0 Å². The number of halogens is 1. The van der Waals surface area contributed by atoms with Crippen molar-refractivity contribution in [3.05, 3.63) is 17.0 Å². The minimum Gasteiger partial charge on any atom is -0.466 e. The van der Waals surface area contributed by atoms with Gasteiger partial charge in [-0.05, 0) is 13.3 Å². The molecule has 1 heterocycles. The van der Waals surface area contributed by atoms with Crippen molar-refractivity contribution in [2.24, 2.45) is 0 Å². The van der Waals surface area contributed by atoms with Gasteiger partial charge in [0.2, 0.25) is 0 Å². The molecule has 0 atom stereocenters. The van der Waals surface area contributed by atoms with Gasteiger partial charge < -0.3 is 10.5 Å². The Morgan fingerprint density at radius 1 is 1.60 bits per heavy atom. The zero-order valence-corrected chi connectivity index (χ0v) is 9.12. The van der Waals surface area contributed by atoms with E-state index >= 15 is 0 Å². The van der Waals surface area contributed by atoms with Crippen LogP contribution in [-0.4, -0.2) is 22.5 Å². The second-order valence-corrected chi connectivity index (χ2v) is 3.19. The number of anilines is 1. The maximum absolute atomic E-state index is 11.1. The molecule has 15 heavy (non-hydrogen) atoms. The summed E-state index contributed by atoms with van der Waals surface area (Å²) in [5.41, 5.74) is 6.18. The molecule has 82 valence electrons. The minimum absolute atomic E-state index is 0.227. The summed E-state index contributed by atoms with van der Waals surface area (Å²) >= 11 is 5.81. The van der Waals surface area contributed by atoms with Crippen molar-refractivity contribution < 1.29 is 9.53 Å². The zero-order chi connectivity index (χ0) is 11.3. The van der Waals surface area contributed by atoms with Crippen molar-refractivity contribution in [2.75, 3.05) is 12.3 Å². The summed E-state index contributed by atoms with van der Waals surface area (Å²) in [5, 5.41) is 0.284. The molecule has 5 nitrogen and oxygen atoms in total. The molecule has 0 unspecified atom stereocenters. The molecular weight excluding hydrogens is 218 g/mol. The third kappa shape index (κ3) is 3.36. The Labute approximate surface area is 92.6 Å². The van der Waals surface area contributed by atoms with Gasteiger partial charge in [0, 0.05) is 12.0 Å². The number of carbonyl (C=O) groups is 1. The molecule has 1 aromatic rings. The van der Waals surface area contributed by atoms with Crippen LogP contribution in [0.4, 0.5) is 5.82 Å². The van der Waals surface area contributed by atoms with E-state index in [0.29, 0.717) is 24.4 Å². The van der Waals surface area contributed by atoms with E-state index in [1.807, 2.05) is 0 Å². The van der Waals surface area contributed by atoms with Crippen molar-refractivity contribution >= 4 is 23.4 Å². The van der Waals surface area contributed by atoms with Crippen molar-refractivity contribution in [1.29, 1.82) is 0 Å². The monoisotopic (exact) mass is 229 g/mol. The molecule has 2 N–H and O–H groups in total. The van der Waals surface area contributed by atoms with Gasteiger partial charge in [-0.25, -0.2) is 9.97 Å². The number of rotatable bonds is 4. The van der Waals surface area contributed by atoms with Crippen LogP contribution in [0.3, 0.4) is 0 Å². The summed E-state index contributed by atoms with van der Waals surface area (Å²) in [5.74, 6) is 0.0242. The smallest absolute Gasteiger partial charge is 0.306 e. The number of nitrogens with zero attached hydrogens (tertiary/aromatic N) is 2. The van der Waals surface area contributed by atoms with Crippen molar-refractivity contribution in [1.82, 2.24) is 9.97 Å². The van der Waals surface area contributed by atoms with Gasteiger partial charge in [-0.3, -0.25) is 4.79 Å². The lowest BCUT2D eigenvalue weighted by Crippen LogP contribution is -2.07. The lowest BCUT2D eigenvalue weighted by molar-refractivity contribution is -0.143. The van der Waals surface area contributed by atoms with Crippen molar-refractivity contribution in [3.8, 4) is 0 Å². The standard InChI is InChI=1S/C9H12ClN3O2/c1-2-15-7(14)4-3-6-8(10)12-5-13-9(6)11/h5H,2-4H2,1H3,(H2,11,12,13). The van der Waals surface area contributed by atoms with E-state index in [2.05, 4.69) is 9.97 Å². The topological polar surface area (TPSA) is 78.1 Å². The Morgan fingerprint density at radius 3 is 2.93 bits per heavy atom. The first-order chi connectivity index (χ1) is 7.15. The van der Waals surface area contributed by atoms with Gasteiger partial charge in [0.1, 0.15) is 17.3 Å².